The second kappa shape index (κ2) is 4.69. The molecule has 1 aliphatic heterocycles. The number of hydrogen-bond acceptors (Lipinski definition) is 5. The van der Waals surface area contributed by atoms with Gasteiger partial charge in [-0.25, -0.2) is 0 Å². The molecule has 2 aliphatic rings. The highest BCUT2D eigenvalue weighted by atomic mass is 32.1. The van der Waals surface area contributed by atoms with Gasteiger partial charge in [0.25, 0.3) is 4.96 Å². The van der Waals surface area contributed by atoms with E-state index < -0.39 is 0 Å². The Hall–Kier alpha value is -1.63. The van der Waals surface area contributed by atoms with Crippen LogP contribution in [-0.2, 0) is 0 Å². The fourth-order valence-corrected chi connectivity index (χ4v) is 4.84. The molecule has 0 amide bonds. The standard InChI is InChI=1S/C14H18N4O2S/c1-9-8-17(11-5-3-2-4-10(9)11)12-13(18(19)20)16-6-7-21-14(16)15-12/h6-7,9-11H,2-5,8H2,1H3. The van der Waals surface area contributed by atoms with Gasteiger partial charge in [-0.05, 0) is 29.6 Å². The van der Waals surface area contributed by atoms with Crippen LogP contribution in [0.5, 0.6) is 0 Å². The zero-order chi connectivity index (χ0) is 14.6. The summed E-state index contributed by atoms with van der Waals surface area (Å²) in [5.74, 6) is 1.96. The molecule has 7 heteroatoms. The van der Waals surface area contributed by atoms with Crippen molar-refractivity contribution in [2.45, 2.75) is 38.6 Å². The number of imidazole rings is 1. The number of nitrogens with zero attached hydrogens (tertiary/aromatic N) is 4. The van der Waals surface area contributed by atoms with Gasteiger partial charge in [0, 0.05) is 18.0 Å². The number of aromatic nitrogens is 2. The van der Waals surface area contributed by atoms with Gasteiger partial charge in [-0.15, -0.1) is 0 Å². The average Bonchev–Trinajstić information content (AvgIpc) is 3.11. The Morgan fingerprint density at radius 1 is 1.43 bits per heavy atom. The van der Waals surface area contributed by atoms with Gasteiger partial charge in [-0.3, -0.25) is 0 Å². The number of anilines is 1. The molecule has 1 saturated heterocycles. The lowest BCUT2D eigenvalue weighted by Crippen LogP contribution is -2.35. The summed E-state index contributed by atoms with van der Waals surface area (Å²) in [7, 11) is 0. The molecular weight excluding hydrogens is 288 g/mol. The predicted octanol–water partition coefficient (Wildman–Crippen LogP) is 3.32. The molecular formula is C14H18N4O2S. The van der Waals surface area contributed by atoms with Crippen molar-refractivity contribution < 1.29 is 4.92 Å². The van der Waals surface area contributed by atoms with Crippen LogP contribution < -0.4 is 4.90 Å². The molecule has 0 N–H and O–H groups in total. The first-order chi connectivity index (χ1) is 10.2. The molecule has 1 saturated carbocycles. The van der Waals surface area contributed by atoms with Crippen molar-refractivity contribution in [1.29, 1.82) is 0 Å². The molecule has 3 atom stereocenters. The molecule has 3 unspecified atom stereocenters. The Bertz CT molecular complexity index is 694. The van der Waals surface area contributed by atoms with Crippen LogP contribution in [0.2, 0.25) is 0 Å². The first kappa shape index (κ1) is 13.1. The van der Waals surface area contributed by atoms with E-state index in [1.165, 1.54) is 30.6 Å². The minimum absolute atomic E-state index is 0.129. The highest BCUT2D eigenvalue weighted by Crippen LogP contribution is 2.44. The van der Waals surface area contributed by atoms with Gasteiger partial charge in [0.1, 0.15) is 6.20 Å². The number of hydrogen-bond donors (Lipinski definition) is 0. The molecule has 3 heterocycles. The van der Waals surface area contributed by atoms with Crippen molar-refractivity contribution in [1.82, 2.24) is 9.38 Å². The highest BCUT2D eigenvalue weighted by Gasteiger charge is 2.44. The minimum Gasteiger partial charge on any atom is -0.358 e. The third-order valence-electron chi connectivity index (χ3n) is 5.06. The van der Waals surface area contributed by atoms with E-state index in [1.807, 2.05) is 5.38 Å². The first-order valence-electron chi connectivity index (χ1n) is 7.53. The number of fused-ring (bicyclic) bond motifs is 2. The largest absolute Gasteiger partial charge is 0.373 e. The molecule has 0 bridgehead atoms. The van der Waals surface area contributed by atoms with Crippen LogP contribution in [0.15, 0.2) is 11.6 Å². The van der Waals surface area contributed by atoms with Crippen LogP contribution in [0.3, 0.4) is 0 Å². The van der Waals surface area contributed by atoms with Gasteiger partial charge < -0.3 is 15.0 Å². The highest BCUT2D eigenvalue weighted by molar-refractivity contribution is 7.15. The van der Waals surface area contributed by atoms with Crippen molar-refractivity contribution in [3.63, 3.8) is 0 Å². The lowest BCUT2D eigenvalue weighted by molar-refractivity contribution is -0.389. The maximum atomic E-state index is 11.5. The molecule has 0 aromatic carbocycles. The molecule has 2 aromatic rings. The summed E-state index contributed by atoms with van der Waals surface area (Å²) in [6.45, 7) is 3.16. The first-order valence-corrected chi connectivity index (χ1v) is 8.41. The van der Waals surface area contributed by atoms with Crippen molar-refractivity contribution in [3.05, 3.63) is 21.7 Å². The lowest BCUT2D eigenvalue weighted by Gasteiger charge is -2.31. The minimum atomic E-state index is -0.289. The molecule has 0 radical (unpaired) electrons. The van der Waals surface area contributed by atoms with E-state index in [1.54, 1.807) is 10.6 Å². The predicted molar refractivity (Wildman–Crippen MR) is 82.0 cm³/mol. The van der Waals surface area contributed by atoms with E-state index in [-0.39, 0.29) is 10.7 Å². The fourth-order valence-electron chi connectivity index (χ4n) is 4.14. The molecule has 0 spiro atoms. The molecule has 6 nitrogen and oxygen atoms in total. The van der Waals surface area contributed by atoms with Crippen molar-refractivity contribution in [2.24, 2.45) is 11.8 Å². The van der Waals surface area contributed by atoms with Gasteiger partial charge in [0.15, 0.2) is 0 Å². The van der Waals surface area contributed by atoms with Gasteiger partial charge in [0.05, 0.1) is 0 Å². The van der Waals surface area contributed by atoms with Gasteiger partial charge >= 0.3 is 5.82 Å². The number of thiazole rings is 1. The van der Waals surface area contributed by atoms with E-state index in [0.29, 0.717) is 28.7 Å². The molecule has 112 valence electrons. The molecule has 2 fully saturated rings. The van der Waals surface area contributed by atoms with Crippen LogP contribution in [-0.4, -0.2) is 26.9 Å². The summed E-state index contributed by atoms with van der Waals surface area (Å²) >= 11 is 1.45. The molecule has 2 aromatic heterocycles. The summed E-state index contributed by atoms with van der Waals surface area (Å²) in [4.78, 5) is 18.7. The average molecular weight is 306 g/mol. The smallest absolute Gasteiger partial charge is 0.358 e. The molecule has 21 heavy (non-hydrogen) atoms. The zero-order valence-electron chi connectivity index (χ0n) is 11.9. The van der Waals surface area contributed by atoms with E-state index in [2.05, 4.69) is 16.8 Å². The fraction of sp³-hybridized carbons (Fsp3) is 0.643. The van der Waals surface area contributed by atoms with Crippen LogP contribution in [0.25, 0.3) is 4.96 Å². The summed E-state index contributed by atoms with van der Waals surface area (Å²) in [5.41, 5.74) is 0. The van der Waals surface area contributed by atoms with Crippen molar-refractivity contribution in [2.75, 3.05) is 11.4 Å². The zero-order valence-corrected chi connectivity index (χ0v) is 12.8. The van der Waals surface area contributed by atoms with Crippen LogP contribution in [0.1, 0.15) is 32.6 Å². The van der Waals surface area contributed by atoms with Crippen molar-refractivity contribution >= 4 is 27.9 Å². The second-order valence-corrected chi connectivity index (χ2v) is 7.09. The quantitative estimate of drug-likeness (QED) is 0.630. The van der Waals surface area contributed by atoms with E-state index in [9.17, 15) is 10.1 Å². The SMILES string of the molecule is CC1CN(c2nc3sccn3c2[N+](=O)[O-])C2CCCCC12. The van der Waals surface area contributed by atoms with Gasteiger partial charge in [-0.1, -0.05) is 31.1 Å². The van der Waals surface area contributed by atoms with Crippen molar-refractivity contribution in [3.8, 4) is 0 Å². The Morgan fingerprint density at radius 3 is 3.05 bits per heavy atom. The summed E-state index contributed by atoms with van der Waals surface area (Å²) in [6.07, 6.45) is 6.64. The topological polar surface area (TPSA) is 63.7 Å². The summed E-state index contributed by atoms with van der Waals surface area (Å²) in [5, 5.41) is 13.4. The Morgan fingerprint density at radius 2 is 2.24 bits per heavy atom. The van der Waals surface area contributed by atoms with Crippen LogP contribution in [0.4, 0.5) is 11.6 Å². The number of rotatable bonds is 2. The Balaban J connectivity index is 1.81. The Labute approximate surface area is 126 Å². The van der Waals surface area contributed by atoms with E-state index >= 15 is 0 Å². The van der Waals surface area contributed by atoms with Gasteiger partial charge in [-0.2, -0.15) is 9.38 Å². The summed E-state index contributed by atoms with van der Waals surface area (Å²) < 4.78 is 1.61. The lowest BCUT2D eigenvalue weighted by atomic mass is 9.80. The third kappa shape index (κ3) is 1.87. The van der Waals surface area contributed by atoms with E-state index in [4.69, 9.17) is 0 Å². The second-order valence-electron chi connectivity index (χ2n) is 6.22. The van der Waals surface area contributed by atoms with E-state index in [0.717, 1.165) is 13.0 Å². The monoisotopic (exact) mass is 306 g/mol. The van der Waals surface area contributed by atoms with Crippen LogP contribution >= 0.6 is 11.3 Å². The number of nitro groups is 1. The van der Waals surface area contributed by atoms with Gasteiger partial charge in [0.2, 0.25) is 5.82 Å². The van der Waals surface area contributed by atoms with Crippen LogP contribution in [0, 0.1) is 22.0 Å². The third-order valence-corrected chi connectivity index (χ3v) is 5.82. The maximum Gasteiger partial charge on any atom is 0.373 e. The molecule has 4 rings (SSSR count). The Kier molecular flexibility index (Phi) is 2.92. The normalized spacial score (nSPS) is 29.0. The summed E-state index contributed by atoms with van der Waals surface area (Å²) in [6, 6.07) is 0.428. The molecule has 1 aliphatic carbocycles. The maximum absolute atomic E-state index is 11.5.